The average molecular weight is 296 g/mol. The van der Waals surface area contributed by atoms with Crippen LogP contribution in [-0.2, 0) is 11.0 Å². The smallest absolute Gasteiger partial charge is 0.416 e. The van der Waals surface area contributed by atoms with Crippen LogP contribution in [0.4, 0.5) is 13.2 Å². The lowest BCUT2D eigenvalue weighted by molar-refractivity contribution is -0.138. The molecule has 8 heteroatoms. The summed E-state index contributed by atoms with van der Waals surface area (Å²) in [6, 6.07) is 2.43. The summed E-state index contributed by atoms with van der Waals surface area (Å²) in [5.41, 5.74) is -1.31. The fourth-order valence-electron chi connectivity index (χ4n) is 1.27. The summed E-state index contributed by atoms with van der Waals surface area (Å²) in [6.45, 7) is -0.179. The van der Waals surface area contributed by atoms with Crippen LogP contribution in [0.5, 0.6) is 0 Å². The summed E-state index contributed by atoms with van der Waals surface area (Å²) in [7, 11) is 0. The third kappa shape index (κ3) is 4.78. The van der Waals surface area contributed by atoms with Crippen molar-refractivity contribution in [1.29, 1.82) is 0 Å². The molecule has 1 amide bonds. The molecule has 0 aliphatic carbocycles. The molecule has 0 aromatic heterocycles. The van der Waals surface area contributed by atoms with Crippen LogP contribution in [-0.4, -0.2) is 23.5 Å². The molecule has 0 atom stereocenters. The maximum atomic E-state index is 12.5. The molecule has 104 valence electrons. The number of halogens is 4. The zero-order chi connectivity index (χ0) is 14.6. The molecule has 0 saturated heterocycles. The monoisotopic (exact) mass is 295 g/mol. The Morgan fingerprint density at radius 1 is 1.26 bits per heavy atom. The molecule has 0 fully saturated rings. The van der Waals surface area contributed by atoms with Crippen LogP contribution in [0, 0.1) is 0 Å². The van der Waals surface area contributed by atoms with Crippen molar-refractivity contribution in [3.8, 4) is 0 Å². The molecule has 0 aliphatic rings. The largest absolute Gasteiger partial charge is 0.481 e. The highest BCUT2D eigenvalue weighted by atomic mass is 35.5. The van der Waals surface area contributed by atoms with Crippen LogP contribution < -0.4 is 5.32 Å². The van der Waals surface area contributed by atoms with Gasteiger partial charge in [0.2, 0.25) is 0 Å². The van der Waals surface area contributed by atoms with Gasteiger partial charge in [0.1, 0.15) is 0 Å². The summed E-state index contributed by atoms with van der Waals surface area (Å²) in [4.78, 5) is 21.8. The van der Waals surface area contributed by atoms with Gasteiger partial charge in [0.15, 0.2) is 0 Å². The van der Waals surface area contributed by atoms with E-state index in [2.05, 4.69) is 5.32 Å². The predicted molar refractivity (Wildman–Crippen MR) is 61.0 cm³/mol. The van der Waals surface area contributed by atoms with Crippen molar-refractivity contribution >= 4 is 23.5 Å². The Kier molecular flexibility index (Phi) is 4.77. The molecular weight excluding hydrogens is 287 g/mol. The van der Waals surface area contributed by atoms with Crippen LogP contribution in [0.25, 0.3) is 0 Å². The van der Waals surface area contributed by atoms with Crippen LogP contribution >= 0.6 is 11.6 Å². The number of hydrogen-bond acceptors (Lipinski definition) is 2. The van der Waals surface area contributed by atoms with Gasteiger partial charge in [0.25, 0.3) is 5.91 Å². The molecule has 1 aromatic rings. The highest BCUT2D eigenvalue weighted by Gasteiger charge is 2.31. The first-order valence-electron chi connectivity index (χ1n) is 5.08. The summed E-state index contributed by atoms with van der Waals surface area (Å²) < 4.78 is 37.5. The summed E-state index contributed by atoms with van der Waals surface area (Å²) in [5.74, 6) is -1.93. The molecule has 1 rings (SSSR count). The van der Waals surface area contributed by atoms with E-state index in [1.807, 2.05) is 0 Å². The van der Waals surface area contributed by atoms with Crippen molar-refractivity contribution in [3.63, 3.8) is 0 Å². The van der Waals surface area contributed by atoms with Gasteiger partial charge in [0.05, 0.1) is 12.0 Å². The van der Waals surface area contributed by atoms with Gasteiger partial charge in [-0.05, 0) is 18.2 Å². The Balaban J connectivity index is 2.86. The standard InChI is InChI=1S/C11H9ClF3NO3/c12-8-4-6(3-7(5-8)11(13,14)15)10(19)16-2-1-9(17)18/h3-5H,1-2H2,(H,16,19)(H,17,18). The summed E-state index contributed by atoms with van der Waals surface area (Å²) >= 11 is 5.51. The first-order valence-corrected chi connectivity index (χ1v) is 5.45. The molecule has 0 heterocycles. The average Bonchev–Trinajstić information content (AvgIpc) is 2.26. The second-order valence-corrected chi connectivity index (χ2v) is 4.06. The Labute approximate surface area is 111 Å². The number of hydrogen-bond donors (Lipinski definition) is 2. The minimum atomic E-state index is -4.61. The Morgan fingerprint density at radius 2 is 1.89 bits per heavy atom. The number of rotatable bonds is 4. The van der Waals surface area contributed by atoms with E-state index in [9.17, 15) is 22.8 Å². The number of nitrogens with one attached hydrogen (secondary N) is 1. The van der Waals surface area contributed by atoms with Gasteiger partial charge in [-0.25, -0.2) is 0 Å². The lowest BCUT2D eigenvalue weighted by Gasteiger charge is -2.10. The van der Waals surface area contributed by atoms with Gasteiger partial charge < -0.3 is 10.4 Å². The normalized spacial score (nSPS) is 11.2. The van der Waals surface area contributed by atoms with Crippen LogP contribution in [0.2, 0.25) is 5.02 Å². The Bertz CT molecular complexity index is 502. The molecule has 19 heavy (non-hydrogen) atoms. The number of aliphatic carboxylic acids is 1. The number of carbonyl (C=O) groups is 2. The molecule has 0 unspecified atom stereocenters. The number of alkyl halides is 3. The van der Waals surface area contributed by atoms with Gasteiger partial charge in [0, 0.05) is 17.1 Å². The lowest BCUT2D eigenvalue weighted by Crippen LogP contribution is -2.26. The van der Waals surface area contributed by atoms with Crippen LogP contribution in [0.1, 0.15) is 22.3 Å². The molecule has 2 N–H and O–H groups in total. The fraction of sp³-hybridized carbons (Fsp3) is 0.273. The number of carboxylic acid groups (broad SMARTS) is 1. The van der Waals surface area contributed by atoms with E-state index in [4.69, 9.17) is 16.7 Å². The van der Waals surface area contributed by atoms with Crippen molar-refractivity contribution < 1.29 is 27.9 Å². The van der Waals surface area contributed by atoms with E-state index in [-0.39, 0.29) is 23.6 Å². The zero-order valence-electron chi connectivity index (χ0n) is 9.42. The molecular formula is C11H9ClF3NO3. The second kappa shape index (κ2) is 5.92. The van der Waals surface area contributed by atoms with Crippen LogP contribution in [0.15, 0.2) is 18.2 Å². The van der Waals surface area contributed by atoms with E-state index >= 15 is 0 Å². The first-order chi connectivity index (χ1) is 8.70. The van der Waals surface area contributed by atoms with Crippen molar-refractivity contribution in [2.24, 2.45) is 0 Å². The van der Waals surface area contributed by atoms with Gasteiger partial charge in [-0.1, -0.05) is 11.6 Å². The molecule has 0 spiro atoms. The maximum absolute atomic E-state index is 12.5. The molecule has 0 radical (unpaired) electrons. The van der Waals surface area contributed by atoms with E-state index in [1.165, 1.54) is 0 Å². The van der Waals surface area contributed by atoms with Crippen molar-refractivity contribution in [2.75, 3.05) is 6.54 Å². The minimum absolute atomic E-state index is 0.179. The lowest BCUT2D eigenvalue weighted by atomic mass is 10.1. The van der Waals surface area contributed by atoms with Gasteiger partial charge in [-0.2, -0.15) is 13.2 Å². The molecule has 0 bridgehead atoms. The highest BCUT2D eigenvalue weighted by molar-refractivity contribution is 6.31. The molecule has 0 saturated carbocycles. The third-order valence-electron chi connectivity index (χ3n) is 2.11. The van der Waals surface area contributed by atoms with Gasteiger partial charge in [-0.3, -0.25) is 9.59 Å². The van der Waals surface area contributed by atoms with Gasteiger partial charge in [-0.15, -0.1) is 0 Å². The Morgan fingerprint density at radius 3 is 2.42 bits per heavy atom. The van der Waals surface area contributed by atoms with E-state index < -0.39 is 23.6 Å². The number of benzene rings is 1. The fourth-order valence-corrected chi connectivity index (χ4v) is 1.50. The third-order valence-corrected chi connectivity index (χ3v) is 2.33. The predicted octanol–water partition coefficient (Wildman–Crippen LogP) is 2.56. The van der Waals surface area contributed by atoms with E-state index in [0.29, 0.717) is 12.1 Å². The van der Waals surface area contributed by atoms with Crippen molar-refractivity contribution in [2.45, 2.75) is 12.6 Å². The zero-order valence-corrected chi connectivity index (χ0v) is 10.2. The number of carboxylic acids is 1. The maximum Gasteiger partial charge on any atom is 0.416 e. The minimum Gasteiger partial charge on any atom is -0.481 e. The Hall–Kier alpha value is -1.76. The van der Waals surface area contributed by atoms with E-state index in [0.717, 1.165) is 6.07 Å². The highest BCUT2D eigenvalue weighted by Crippen LogP contribution is 2.31. The molecule has 1 aromatic carbocycles. The molecule has 4 nitrogen and oxygen atoms in total. The number of carbonyl (C=O) groups excluding carboxylic acids is 1. The topological polar surface area (TPSA) is 66.4 Å². The molecule has 0 aliphatic heterocycles. The number of amides is 1. The first kappa shape index (κ1) is 15.3. The second-order valence-electron chi connectivity index (χ2n) is 3.63. The van der Waals surface area contributed by atoms with E-state index in [1.54, 1.807) is 0 Å². The summed E-state index contributed by atoms with van der Waals surface area (Å²) in [6.07, 6.45) is -4.93. The van der Waals surface area contributed by atoms with Crippen LogP contribution in [0.3, 0.4) is 0 Å². The summed E-state index contributed by atoms with van der Waals surface area (Å²) in [5, 5.41) is 10.3. The quantitative estimate of drug-likeness (QED) is 0.897. The van der Waals surface area contributed by atoms with Gasteiger partial charge >= 0.3 is 12.1 Å². The SMILES string of the molecule is O=C(O)CCNC(=O)c1cc(Cl)cc(C(F)(F)F)c1. The van der Waals surface area contributed by atoms with Crippen molar-refractivity contribution in [3.05, 3.63) is 34.3 Å². The van der Waals surface area contributed by atoms with Crippen molar-refractivity contribution in [1.82, 2.24) is 5.32 Å².